The van der Waals surface area contributed by atoms with Crippen LogP contribution in [0.5, 0.6) is 5.75 Å². The van der Waals surface area contributed by atoms with Crippen molar-refractivity contribution in [3.05, 3.63) is 83.5 Å². The summed E-state index contributed by atoms with van der Waals surface area (Å²) in [6, 6.07) is 13.0. The lowest BCUT2D eigenvalue weighted by Gasteiger charge is -2.34. The second-order valence-corrected chi connectivity index (χ2v) is 12.4. The SMILES string of the molecule is CC=CC(=O)N1CCN(Cc2c(O)ccc3[nH]c(C(=O)c4cc5cc(NC(=O)Nc6cc(C(C)(C)C)on6)ccc5o4)cc23)CC1. The molecule has 238 valence electrons. The number of carbonyl (C=O) groups excluding carboxylic acids is 3. The topological polar surface area (TPSA) is 157 Å². The van der Waals surface area contributed by atoms with Gasteiger partial charge in [-0.2, -0.15) is 0 Å². The van der Waals surface area contributed by atoms with Crippen molar-refractivity contribution in [3.8, 4) is 5.75 Å². The molecule has 4 N–H and O–H groups in total. The number of amides is 3. The normalized spacial score (nSPS) is 14.4. The quantitative estimate of drug-likeness (QED) is 0.127. The molecule has 0 aliphatic carbocycles. The molecule has 3 amide bonds. The van der Waals surface area contributed by atoms with Crippen LogP contribution in [0.3, 0.4) is 0 Å². The van der Waals surface area contributed by atoms with Gasteiger partial charge in [0.15, 0.2) is 11.6 Å². The highest BCUT2D eigenvalue weighted by molar-refractivity contribution is 6.11. The van der Waals surface area contributed by atoms with Gasteiger partial charge in [0.05, 0.1) is 5.69 Å². The van der Waals surface area contributed by atoms with Crippen molar-refractivity contribution in [1.29, 1.82) is 0 Å². The lowest BCUT2D eigenvalue weighted by Crippen LogP contribution is -2.47. The fraction of sp³-hybridized carbons (Fsp3) is 0.294. The average molecular weight is 625 g/mol. The van der Waals surface area contributed by atoms with Gasteiger partial charge >= 0.3 is 6.03 Å². The van der Waals surface area contributed by atoms with Crippen LogP contribution in [-0.2, 0) is 16.8 Å². The number of nitrogens with zero attached hydrogens (tertiary/aromatic N) is 3. The highest BCUT2D eigenvalue weighted by Gasteiger charge is 2.24. The number of piperazine rings is 1. The van der Waals surface area contributed by atoms with Gasteiger partial charge < -0.3 is 29.2 Å². The number of hydrogen-bond acceptors (Lipinski definition) is 8. The summed E-state index contributed by atoms with van der Waals surface area (Å²) in [6.07, 6.45) is 3.31. The van der Waals surface area contributed by atoms with Gasteiger partial charge in [0.2, 0.25) is 11.7 Å². The van der Waals surface area contributed by atoms with Gasteiger partial charge in [-0.25, -0.2) is 4.79 Å². The van der Waals surface area contributed by atoms with E-state index in [0.717, 1.165) is 5.39 Å². The Bertz CT molecular complexity index is 1970. The van der Waals surface area contributed by atoms with Gasteiger partial charge in [-0.05, 0) is 55.5 Å². The smallest absolute Gasteiger partial charge is 0.324 e. The molecule has 1 aliphatic rings. The molecule has 1 aliphatic heterocycles. The minimum absolute atomic E-state index is 0.00196. The van der Waals surface area contributed by atoms with E-state index in [4.69, 9.17) is 8.94 Å². The zero-order chi connectivity index (χ0) is 32.6. The third-order valence-corrected chi connectivity index (χ3v) is 8.00. The minimum Gasteiger partial charge on any atom is -0.508 e. The van der Waals surface area contributed by atoms with Crippen molar-refractivity contribution in [3.63, 3.8) is 0 Å². The van der Waals surface area contributed by atoms with Crippen LogP contribution < -0.4 is 10.6 Å². The molecule has 12 heteroatoms. The highest BCUT2D eigenvalue weighted by Crippen LogP contribution is 2.31. The molecule has 5 aromatic rings. The second-order valence-electron chi connectivity index (χ2n) is 12.4. The van der Waals surface area contributed by atoms with Crippen molar-refractivity contribution < 1.29 is 28.4 Å². The fourth-order valence-corrected chi connectivity index (χ4v) is 5.47. The molecule has 46 heavy (non-hydrogen) atoms. The minimum atomic E-state index is -0.492. The highest BCUT2D eigenvalue weighted by atomic mass is 16.5. The maximum absolute atomic E-state index is 13.5. The summed E-state index contributed by atoms with van der Waals surface area (Å²) in [6.45, 7) is 10.8. The van der Waals surface area contributed by atoms with Crippen LogP contribution in [0.15, 0.2) is 69.6 Å². The molecule has 0 spiro atoms. The molecule has 0 bridgehead atoms. The van der Waals surface area contributed by atoms with Gasteiger partial charge in [0.1, 0.15) is 17.1 Å². The number of carbonyl (C=O) groups is 3. The molecule has 0 unspecified atom stereocenters. The Balaban J connectivity index is 1.15. The van der Waals surface area contributed by atoms with Crippen molar-refractivity contribution in [2.75, 3.05) is 36.8 Å². The van der Waals surface area contributed by atoms with Gasteiger partial charge in [-0.3, -0.25) is 19.8 Å². The number of allylic oxidation sites excluding steroid dienone is 1. The first-order valence-corrected chi connectivity index (χ1v) is 15.1. The molecule has 0 radical (unpaired) electrons. The zero-order valence-corrected chi connectivity index (χ0v) is 26.1. The van der Waals surface area contributed by atoms with Crippen molar-refractivity contribution >= 4 is 51.1 Å². The Kier molecular flexibility index (Phi) is 8.13. The van der Waals surface area contributed by atoms with E-state index in [0.29, 0.717) is 77.7 Å². The number of nitrogens with one attached hydrogen (secondary N) is 3. The van der Waals surface area contributed by atoms with Crippen LogP contribution in [0.1, 0.15) is 55.3 Å². The van der Waals surface area contributed by atoms with E-state index in [1.165, 1.54) is 0 Å². The third-order valence-electron chi connectivity index (χ3n) is 8.00. The predicted octanol–water partition coefficient (Wildman–Crippen LogP) is 6.00. The molecule has 6 rings (SSSR count). The number of hydrogen-bond donors (Lipinski definition) is 4. The van der Waals surface area contributed by atoms with Crippen molar-refractivity contribution in [2.24, 2.45) is 0 Å². The van der Waals surface area contributed by atoms with Crippen LogP contribution >= 0.6 is 0 Å². The number of ketones is 1. The number of furan rings is 1. The Labute approximate surface area is 265 Å². The Morgan fingerprint density at radius 1 is 1.02 bits per heavy atom. The number of aromatic amines is 1. The van der Waals surface area contributed by atoms with Gasteiger partial charge in [0.25, 0.3) is 0 Å². The predicted molar refractivity (Wildman–Crippen MR) is 174 cm³/mol. The number of aromatic hydroxyl groups is 1. The summed E-state index contributed by atoms with van der Waals surface area (Å²) in [5.41, 5.74) is 2.49. The molecule has 1 saturated heterocycles. The van der Waals surface area contributed by atoms with Gasteiger partial charge in [0, 0.05) is 71.7 Å². The summed E-state index contributed by atoms with van der Waals surface area (Å²) in [5, 5.41) is 21.5. The molecular formula is C34H36N6O6. The number of H-pyrrole nitrogens is 1. The van der Waals surface area contributed by atoms with E-state index in [2.05, 4.69) is 25.7 Å². The standard InChI is InChI=1S/C34H36N6O6/c1-5-6-31(42)40-13-11-39(12-14-40)19-23-22-17-25(36-24(22)8-9-26(23)41)32(43)28-16-20-15-21(7-10-27(20)45-28)35-33(44)37-30-18-29(46-38-30)34(2,3)4/h5-10,15-18,36,41H,11-14,19H2,1-4H3,(H2,35,37,38,44). The number of rotatable bonds is 7. The van der Waals surface area contributed by atoms with Crippen LogP contribution in [0.4, 0.5) is 16.3 Å². The van der Waals surface area contributed by atoms with Crippen LogP contribution in [0.25, 0.3) is 21.9 Å². The maximum atomic E-state index is 13.5. The lowest BCUT2D eigenvalue weighted by atomic mass is 9.93. The first-order chi connectivity index (χ1) is 22.0. The molecule has 2 aromatic carbocycles. The number of benzene rings is 2. The first-order valence-electron chi connectivity index (χ1n) is 15.1. The van der Waals surface area contributed by atoms with Crippen LogP contribution in [0, 0.1) is 0 Å². The van der Waals surface area contributed by atoms with Crippen LogP contribution in [-0.4, -0.2) is 68.9 Å². The number of anilines is 2. The molecular weight excluding hydrogens is 588 g/mol. The van der Waals surface area contributed by atoms with E-state index >= 15 is 0 Å². The molecule has 4 heterocycles. The molecule has 3 aromatic heterocycles. The number of phenolic OH excluding ortho intramolecular Hbond substituents is 1. The summed E-state index contributed by atoms with van der Waals surface area (Å²) < 4.78 is 11.2. The Morgan fingerprint density at radius 3 is 2.52 bits per heavy atom. The summed E-state index contributed by atoms with van der Waals surface area (Å²) >= 11 is 0. The third kappa shape index (κ3) is 6.38. The average Bonchev–Trinajstić information content (AvgIpc) is 3.77. The largest absolute Gasteiger partial charge is 0.508 e. The Morgan fingerprint density at radius 2 is 1.80 bits per heavy atom. The van der Waals surface area contributed by atoms with Crippen molar-refractivity contribution in [2.45, 2.75) is 39.7 Å². The number of urea groups is 1. The summed E-state index contributed by atoms with van der Waals surface area (Å²) in [7, 11) is 0. The number of aromatic nitrogens is 2. The second kappa shape index (κ2) is 12.2. The first kappa shape index (κ1) is 30.7. The van der Waals surface area contributed by atoms with E-state index in [9.17, 15) is 19.5 Å². The monoisotopic (exact) mass is 624 g/mol. The van der Waals surface area contributed by atoms with E-state index in [1.807, 2.05) is 32.6 Å². The summed E-state index contributed by atoms with van der Waals surface area (Å²) in [5.74, 6) is 0.880. The van der Waals surface area contributed by atoms with E-state index in [-0.39, 0.29) is 28.6 Å². The zero-order valence-electron chi connectivity index (χ0n) is 26.1. The van der Waals surface area contributed by atoms with Crippen molar-refractivity contribution in [1.82, 2.24) is 19.9 Å². The molecule has 12 nitrogen and oxygen atoms in total. The number of phenols is 1. The van der Waals surface area contributed by atoms with Crippen LogP contribution in [0.2, 0.25) is 0 Å². The molecule has 0 saturated carbocycles. The van der Waals surface area contributed by atoms with Gasteiger partial charge in [-0.1, -0.05) is 32.0 Å². The molecule has 1 fully saturated rings. The maximum Gasteiger partial charge on any atom is 0.324 e. The van der Waals surface area contributed by atoms with Gasteiger partial charge in [-0.15, -0.1) is 0 Å². The molecule has 0 atom stereocenters. The Hall–Kier alpha value is -5.36. The summed E-state index contributed by atoms with van der Waals surface area (Å²) in [4.78, 5) is 45.5. The fourth-order valence-electron chi connectivity index (χ4n) is 5.47. The lowest BCUT2D eigenvalue weighted by molar-refractivity contribution is -0.127. The van der Waals surface area contributed by atoms with E-state index < -0.39 is 6.03 Å². The van der Waals surface area contributed by atoms with E-state index in [1.54, 1.807) is 60.7 Å². The number of fused-ring (bicyclic) bond motifs is 2.